The molecule has 0 saturated carbocycles. The van der Waals surface area contributed by atoms with Gasteiger partial charge in [0.25, 0.3) is 0 Å². The van der Waals surface area contributed by atoms with Crippen LogP contribution in [0.25, 0.3) is 0 Å². The lowest BCUT2D eigenvalue weighted by atomic mass is 9.92. The quantitative estimate of drug-likeness (QED) is 0.824. The number of rotatable bonds is 2. The van der Waals surface area contributed by atoms with Crippen molar-refractivity contribution in [3.8, 4) is 0 Å². The minimum atomic E-state index is -0.0424. The summed E-state index contributed by atoms with van der Waals surface area (Å²) >= 11 is 0. The van der Waals surface area contributed by atoms with Crippen molar-refractivity contribution < 1.29 is 5.11 Å². The van der Waals surface area contributed by atoms with E-state index < -0.39 is 0 Å². The zero-order chi connectivity index (χ0) is 11.5. The summed E-state index contributed by atoms with van der Waals surface area (Å²) in [5, 5.41) is 8.92. The number of nitrogens with zero attached hydrogens (tertiary/aromatic N) is 3. The highest BCUT2D eigenvalue weighted by atomic mass is 16.3. The van der Waals surface area contributed by atoms with Crippen LogP contribution in [0.5, 0.6) is 0 Å². The summed E-state index contributed by atoms with van der Waals surface area (Å²) in [6.07, 6.45) is 5.93. The molecule has 0 amide bonds. The average Bonchev–Trinajstić information content (AvgIpc) is 2.33. The maximum Gasteiger partial charge on any atom is 0.147 e. The molecule has 4 heteroatoms. The molecule has 0 aromatic carbocycles. The molecule has 0 radical (unpaired) electrons. The molecule has 4 nitrogen and oxygen atoms in total. The summed E-state index contributed by atoms with van der Waals surface area (Å²) in [7, 11) is 0. The van der Waals surface area contributed by atoms with Gasteiger partial charge in [0.15, 0.2) is 0 Å². The van der Waals surface area contributed by atoms with Gasteiger partial charge in [0.05, 0.1) is 24.7 Å². The molecular weight excluding hydrogens is 202 g/mol. The van der Waals surface area contributed by atoms with E-state index in [1.54, 1.807) is 12.4 Å². The number of piperidine rings is 1. The lowest BCUT2D eigenvalue weighted by Crippen LogP contribution is -2.42. The van der Waals surface area contributed by atoms with Gasteiger partial charge in [-0.2, -0.15) is 0 Å². The van der Waals surface area contributed by atoms with Gasteiger partial charge in [0, 0.05) is 12.6 Å². The molecule has 1 N–H and O–H groups in total. The van der Waals surface area contributed by atoms with Crippen LogP contribution in [-0.4, -0.2) is 27.7 Å². The molecule has 2 unspecified atom stereocenters. The number of aliphatic hydroxyl groups is 1. The Labute approximate surface area is 96.3 Å². The van der Waals surface area contributed by atoms with Crippen LogP contribution < -0.4 is 4.90 Å². The van der Waals surface area contributed by atoms with Gasteiger partial charge in [-0.1, -0.05) is 6.92 Å². The first-order valence-electron chi connectivity index (χ1n) is 5.91. The molecule has 1 aliphatic rings. The fraction of sp³-hybridized carbons (Fsp3) is 0.667. The van der Waals surface area contributed by atoms with E-state index in [-0.39, 0.29) is 6.61 Å². The number of anilines is 1. The standard InChI is InChI=1S/C12H19N3O/c1-9-4-3-5-15(10(9)2)12-7-13-11(8-16)6-14-12/h6-7,9-10,16H,3-5,8H2,1-2H3. The molecule has 16 heavy (non-hydrogen) atoms. The molecule has 0 aliphatic carbocycles. The van der Waals surface area contributed by atoms with Gasteiger partial charge in [-0.15, -0.1) is 0 Å². The van der Waals surface area contributed by atoms with E-state index in [4.69, 9.17) is 5.11 Å². The Kier molecular flexibility index (Phi) is 3.39. The number of aromatic nitrogens is 2. The van der Waals surface area contributed by atoms with Crippen molar-refractivity contribution in [3.05, 3.63) is 18.1 Å². The normalized spacial score (nSPS) is 25.8. The molecule has 2 heterocycles. The molecule has 2 atom stereocenters. The van der Waals surface area contributed by atoms with Crippen LogP contribution in [0.4, 0.5) is 5.82 Å². The first-order valence-corrected chi connectivity index (χ1v) is 5.91. The van der Waals surface area contributed by atoms with E-state index >= 15 is 0 Å². The summed E-state index contributed by atoms with van der Waals surface area (Å²) in [4.78, 5) is 10.8. The maximum atomic E-state index is 8.92. The van der Waals surface area contributed by atoms with Crippen LogP contribution >= 0.6 is 0 Å². The van der Waals surface area contributed by atoms with Crippen LogP contribution in [0.15, 0.2) is 12.4 Å². The van der Waals surface area contributed by atoms with Gasteiger partial charge >= 0.3 is 0 Å². The molecule has 2 rings (SSSR count). The molecule has 1 fully saturated rings. The van der Waals surface area contributed by atoms with Crippen molar-refractivity contribution in [2.75, 3.05) is 11.4 Å². The average molecular weight is 221 g/mol. The first-order chi connectivity index (χ1) is 7.72. The van der Waals surface area contributed by atoms with E-state index in [1.807, 2.05) is 0 Å². The second kappa shape index (κ2) is 4.78. The molecular formula is C12H19N3O. The third-order valence-electron chi connectivity index (χ3n) is 3.52. The fourth-order valence-electron chi connectivity index (χ4n) is 2.24. The third-order valence-corrected chi connectivity index (χ3v) is 3.52. The van der Waals surface area contributed by atoms with Gasteiger partial charge in [0.2, 0.25) is 0 Å². The van der Waals surface area contributed by atoms with E-state index in [1.165, 1.54) is 12.8 Å². The minimum Gasteiger partial charge on any atom is -0.390 e. The fourth-order valence-corrected chi connectivity index (χ4v) is 2.24. The van der Waals surface area contributed by atoms with Gasteiger partial charge in [-0.3, -0.25) is 4.98 Å². The number of hydrogen-bond donors (Lipinski definition) is 1. The van der Waals surface area contributed by atoms with Crippen LogP contribution in [-0.2, 0) is 6.61 Å². The van der Waals surface area contributed by atoms with Gasteiger partial charge in [0.1, 0.15) is 5.82 Å². The SMILES string of the molecule is CC1CCCN(c2cnc(CO)cn2)C1C. The largest absolute Gasteiger partial charge is 0.390 e. The Hall–Kier alpha value is -1.16. The van der Waals surface area contributed by atoms with Crippen LogP contribution in [0.3, 0.4) is 0 Å². The second-order valence-electron chi connectivity index (χ2n) is 4.58. The Morgan fingerprint density at radius 3 is 2.81 bits per heavy atom. The molecule has 1 saturated heterocycles. The Balaban J connectivity index is 2.15. The summed E-state index contributed by atoms with van der Waals surface area (Å²) in [6.45, 7) is 5.54. The van der Waals surface area contributed by atoms with Gasteiger partial charge in [-0.05, 0) is 25.7 Å². The Morgan fingerprint density at radius 2 is 2.19 bits per heavy atom. The second-order valence-corrected chi connectivity index (χ2v) is 4.58. The molecule has 0 bridgehead atoms. The summed E-state index contributed by atoms with van der Waals surface area (Å²) in [6, 6.07) is 0.517. The van der Waals surface area contributed by atoms with Crippen molar-refractivity contribution in [2.24, 2.45) is 5.92 Å². The third kappa shape index (κ3) is 2.16. The lowest BCUT2D eigenvalue weighted by Gasteiger charge is -2.38. The van der Waals surface area contributed by atoms with Crippen molar-refractivity contribution in [2.45, 2.75) is 39.3 Å². The van der Waals surface area contributed by atoms with Crippen LogP contribution in [0.2, 0.25) is 0 Å². The van der Waals surface area contributed by atoms with E-state index in [0.717, 1.165) is 12.4 Å². The molecule has 1 aromatic heterocycles. The zero-order valence-corrected chi connectivity index (χ0v) is 9.93. The van der Waals surface area contributed by atoms with Crippen molar-refractivity contribution in [1.82, 2.24) is 9.97 Å². The zero-order valence-electron chi connectivity index (χ0n) is 9.93. The minimum absolute atomic E-state index is 0.0424. The van der Waals surface area contributed by atoms with Crippen molar-refractivity contribution in [3.63, 3.8) is 0 Å². The van der Waals surface area contributed by atoms with Crippen LogP contribution in [0.1, 0.15) is 32.4 Å². The Bertz CT molecular complexity index is 339. The highest BCUT2D eigenvalue weighted by molar-refractivity contribution is 5.38. The monoisotopic (exact) mass is 221 g/mol. The van der Waals surface area contributed by atoms with Gasteiger partial charge in [-0.25, -0.2) is 4.98 Å². The Morgan fingerprint density at radius 1 is 1.38 bits per heavy atom. The highest BCUT2D eigenvalue weighted by Crippen LogP contribution is 2.26. The smallest absolute Gasteiger partial charge is 0.147 e. The molecule has 0 spiro atoms. The summed E-state index contributed by atoms with van der Waals surface area (Å²) in [5.74, 6) is 1.63. The molecule has 1 aliphatic heterocycles. The van der Waals surface area contributed by atoms with Crippen LogP contribution in [0, 0.1) is 5.92 Å². The number of hydrogen-bond acceptors (Lipinski definition) is 4. The maximum absolute atomic E-state index is 8.92. The first kappa shape index (κ1) is 11.3. The predicted octanol–water partition coefficient (Wildman–Crippen LogP) is 1.59. The van der Waals surface area contributed by atoms with E-state index in [2.05, 4.69) is 28.7 Å². The summed E-state index contributed by atoms with van der Waals surface area (Å²) in [5.41, 5.74) is 0.626. The van der Waals surface area contributed by atoms with E-state index in [0.29, 0.717) is 17.7 Å². The number of aliphatic hydroxyl groups excluding tert-OH is 1. The van der Waals surface area contributed by atoms with Crippen molar-refractivity contribution in [1.29, 1.82) is 0 Å². The summed E-state index contributed by atoms with van der Waals surface area (Å²) < 4.78 is 0. The highest BCUT2D eigenvalue weighted by Gasteiger charge is 2.25. The van der Waals surface area contributed by atoms with Crippen molar-refractivity contribution >= 4 is 5.82 Å². The van der Waals surface area contributed by atoms with Gasteiger partial charge < -0.3 is 10.0 Å². The van der Waals surface area contributed by atoms with E-state index in [9.17, 15) is 0 Å². The molecule has 88 valence electrons. The topological polar surface area (TPSA) is 49.2 Å². The molecule has 1 aromatic rings. The lowest BCUT2D eigenvalue weighted by molar-refractivity contribution is 0.276. The predicted molar refractivity (Wildman–Crippen MR) is 63.2 cm³/mol.